The molecule has 1 aliphatic carbocycles. The van der Waals surface area contributed by atoms with Crippen LogP contribution in [0.25, 0.3) is 0 Å². The van der Waals surface area contributed by atoms with Crippen LogP contribution in [0.5, 0.6) is 0 Å². The van der Waals surface area contributed by atoms with Crippen LogP contribution in [0.2, 0.25) is 5.02 Å². The lowest BCUT2D eigenvalue weighted by molar-refractivity contribution is 0.0808. The third-order valence-electron chi connectivity index (χ3n) is 3.08. The van der Waals surface area contributed by atoms with Crippen LogP contribution >= 0.6 is 11.6 Å². The van der Waals surface area contributed by atoms with E-state index in [9.17, 15) is 1.37 Å². The fraction of sp³-hybridized carbons (Fsp3) is 0.647. The van der Waals surface area contributed by atoms with Gasteiger partial charge in [-0.25, -0.2) is 0 Å². The van der Waals surface area contributed by atoms with E-state index in [0.717, 1.165) is 0 Å². The average molecular weight is 293 g/mol. The van der Waals surface area contributed by atoms with Gasteiger partial charge in [0.05, 0.1) is 0 Å². The second kappa shape index (κ2) is 5.85. The van der Waals surface area contributed by atoms with Gasteiger partial charge in [-0.05, 0) is 56.7 Å². The molecule has 19 heavy (non-hydrogen) atoms. The molecule has 1 nitrogen and oxygen atoms in total. The highest BCUT2D eigenvalue weighted by molar-refractivity contribution is 6.30. The highest BCUT2D eigenvalue weighted by Gasteiger charge is 2.46. The Morgan fingerprint density at radius 2 is 2.00 bits per heavy atom. The molecule has 0 aliphatic heterocycles. The fourth-order valence-corrected chi connectivity index (χ4v) is 2.27. The molecule has 2 heteroatoms. The lowest BCUT2D eigenvalue weighted by Gasteiger charge is -2.51. The van der Waals surface area contributed by atoms with Crippen LogP contribution in [-0.4, -0.2) is 24.9 Å². The number of benzene rings is 1. The summed E-state index contributed by atoms with van der Waals surface area (Å²) >= 11 is 5.93. The van der Waals surface area contributed by atoms with E-state index < -0.39 is 56.8 Å². The summed E-state index contributed by atoms with van der Waals surface area (Å²) in [6, 6.07) is 1.99. The molecule has 0 saturated heterocycles. The summed E-state index contributed by atoms with van der Waals surface area (Å²) < 4.78 is 108. The third kappa shape index (κ3) is 2.98. The summed E-state index contributed by atoms with van der Waals surface area (Å²) in [4.78, 5) is -0.119. The molecule has 0 heterocycles. The second-order valence-corrected chi connectivity index (χ2v) is 5.45. The number of nitrogens with zero attached hydrogens (tertiary/aromatic N) is 1. The van der Waals surface area contributed by atoms with Gasteiger partial charge in [-0.3, -0.25) is 0 Å². The maximum atomic E-state index is 9.33. The molecule has 0 spiro atoms. The van der Waals surface area contributed by atoms with Crippen molar-refractivity contribution in [3.63, 3.8) is 0 Å². The standard InChI is InChI=1S/C17H26ClN/c1-13(2)12-16(19(3)4)17(10-5-11-17)14-6-8-15(18)9-7-14/h6-9,13,16H,5,10-12H2,1-4H3/i3D3,4D3,5D2,10D2,11D2,16D. The Labute approximate surface area is 141 Å². The lowest BCUT2D eigenvalue weighted by atomic mass is 9.58. The Hall–Kier alpha value is -0.530. The molecule has 1 aromatic rings. The summed E-state index contributed by atoms with van der Waals surface area (Å²) in [5.41, 5.74) is -3.09. The van der Waals surface area contributed by atoms with Crippen molar-refractivity contribution in [2.24, 2.45) is 5.92 Å². The molecule has 1 aliphatic rings. The van der Waals surface area contributed by atoms with Gasteiger partial charge in [-0.1, -0.05) is 44.0 Å². The van der Waals surface area contributed by atoms with E-state index in [1.165, 1.54) is 24.3 Å². The highest BCUT2D eigenvalue weighted by atomic mass is 35.5. The average Bonchev–Trinajstić information content (AvgIpc) is 2.52. The van der Waals surface area contributed by atoms with Crippen LogP contribution < -0.4 is 0 Å². The van der Waals surface area contributed by atoms with Gasteiger partial charge in [0.1, 0.15) is 0 Å². The van der Waals surface area contributed by atoms with Crippen molar-refractivity contribution >= 4 is 11.6 Å². The molecule has 1 aromatic carbocycles. The van der Waals surface area contributed by atoms with Gasteiger partial charge in [0.25, 0.3) is 0 Å². The summed E-state index contributed by atoms with van der Waals surface area (Å²) in [5, 5.41) is 0.190. The zero-order valence-electron chi connectivity index (χ0n) is 23.9. The van der Waals surface area contributed by atoms with Crippen LogP contribution in [0.3, 0.4) is 0 Å². The Kier molecular flexibility index (Phi) is 1.65. The number of hydrogen-bond donors (Lipinski definition) is 0. The summed E-state index contributed by atoms with van der Waals surface area (Å²) in [5.74, 6) is -0.568. The number of hydrogen-bond acceptors (Lipinski definition) is 1. The van der Waals surface area contributed by atoms with E-state index in [2.05, 4.69) is 0 Å². The maximum absolute atomic E-state index is 9.33. The molecule has 2 rings (SSSR count). The Balaban J connectivity index is 3.11. The first kappa shape index (κ1) is 5.35. The van der Waals surface area contributed by atoms with Crippen molar-refractivity contribution in [1.29, 1.82) is 0 Å². The van der Waals surface area contributed by atoms with Crippen LogP contribution in [-0.2, 0) is 5.41 Å². The fourth-order valence-electron chi connectivity index (χ4n) is 2.14. The van der Waals surface area contributed by atoms with Crippen molar-refractivity contribution in [1.82, 2.24) is 4.90 Å². The van der Waals surface area contributed by atoms with Gasteiger partial charge in [0, 0.05) is 34.3 Å². The van der Waals surface area contributed by atoms with Gasteiger partial charge < -0.3 is 4.90 Å². The minimum absolute atomic E-state index is 0.119. The molecule has 0 N–H and O–H groups in total. The third-order valence-corrected chi connectivity index (χ3v) is 3.33. The van der Waals surface area contributed by atoms with Crippen molar-refractivity contribution < 1.29 is 17.8 Å². The van der Waals surface area contributed by atoms with Crippen LogP contribution in [0.15, 0.2) is 24.3 Å². The minimum Gasteiger partial charge on any atom is -0.306 e. The zero-order valence-corrected chi connectivity index (χ0v) is 11.7. The van der Waals surface area contributed by atoms with Crippen molar-refractivity contribution in [2.75, 3.05) is 14.0 Å². The normalized spacial score (nSPS) is 40.6. The summed E-state index contributed by atoms with van der Waals surface area (Å²) in [6.07, 6.45) is -10.1. The van der Waals surface area contributed by atoms with E-state index in [-0.39, 0.29) is 15.5 Å². The largest absolute Gasteiger partial charge is 0.306 e. The van der Waals surface area contributed by atoms with Gasteiger partial charge in [-0.2, -0.15) is 0 Å². The lowest BCUT2D eigenvalue weighted by Crippen LogP contribution is -2.52. The molecular formula is C17H26ClN. The Morgan fingerprint density at radius 1 is 1.37 bits per heavy atom. The van der Waals surface area contributed by atoms with E-state index in [1.807, 2.05) is 0 Å². The topological polar surface area (TPSA) is 3.24 Å². The second-order valence-electron chi connectivity index (χ2n) is 5.01. The maximum Gasteiger partial charge on any atom is 0.0476 e. The summed E-state index contributed by atoms with van der Waals surface area (Å²) in [7, 11) is 0. The van der Waals surface area contributed by atoms with Crippen LogP contribution in [0.4, 0.5) is 0 Å². The minimum atomic E-state index is -3.45. The zero-order chi connectivity index (χ0) is 25.3. The monoisotopic (exact) mass is 292 g/mol. The van der Waals surface area contributed by atoms with Crippen LogP contribution in [0.1, 0.15) is 62.8 Å². The Bertz CT molecular complexity index is 811. The van der Waals surface area contributed by atoms with E-state index in [1.54, 1.807) is 13.8 Å². The molecule has 1 unspecified atom stereocenters. The molecular weight excluding hydrogens is 254 g/mol. The number of likely N-dealkylation sites (N-methyl/N-ethyl adjacent to an activating group) is 1. The predicted molar refractivity (Wildman–Crippen MR) is 83.9 cm³/mol. The van der Waals surface area contributed by atoms with Crippen molar-refractivity contribution in [2.45, 2.75) is 50.8 Å². The smallest absolute Gasteiger partial charge is 0.0476 e. The molecule has 0 amide bonds. The molecule has 0 bridgehead atoms. The molecule has 1 fully saturated rings. The molecule has 1 atom stereocenters. The van der Waals surface area contributed by atoms with Crippen LogP contribution in [0, 0.1) is 5.92 Å². The first-order valence-electron chi connectivity index (χ1n) is 12.6. The quantitative estimate of drug-likeness (QED) is 0.758. The van der Waals surface area contributed by atoms with Gasteiger partial charge >= 0.3 is 0 Å². The van der Waals surface area contributed by atoms with Crippen molar-refractivity contribution in [3.8, 4) is 0 Å². The summed E-state index contributed by atoms with van der Waals surface area (Å²) in [6.45, 7) is -3.77. The molecule has 0 aromatic heterocycles. The first-order valence-corrected chi connectivity index (χ1v) is 6.48. The van der Waals surface area contributed by atoms with Gasteiger partial charge in [0.15, 0.2) is 0 Å². The first-order chi connectivity index (χ1) is 14.0. The predicted octanol–water partition coefficient (Wildman–Crippen LogP) is 4.74. The van der Waals surface area contributed by atoms with E-state index in [0.29, 0.717) is 0 Å². The number of halogens is 1. The van der Waals surface area contributed by atoms with E-state index in [4.69, 9.17) is 28.1 Å². The molecule has 0 radical (unpaired) electrons. The highest BCUT2D eigenvalue weighted by Crippen LogP contribution is 2.49. The molecule has 106 valence electrons. The van der Waals surface area contributed by atoms with Gasteiger partial charge in [0.2, 0.25) is 0 Å². The van der Waals surface area contributed by atoms with Gasteiger partial charge in [-0.15, -0.1) is 0 Å². The molecule has 1 saturated carbocycles. The van der Waals surface area contributed by atoms with Crippen molar-refractivity contribution in [3.05, 3.63) is 34.9 Å². The Morgan fingerprint density at radius 3 is 2.53 bits per heavy atom. The SMILES string of the molecule is [2H]C([2H])([2H])N(C([2H])([2H])[2H])C([2H])(CC(C)C)C1(c2ccc(Cl)cc2)C([2H])([2H])C([2H])([2H])C1([2H])[2H]. The van der Waals surface area contributed by atoms with E-state index >= 15 is 0 Å². The number of rotatable bonds is 5.